The van der Waals surface area contributed by atoms with E-state index in [2.05, 4.69) is 0 Å². The number of alkyl halides is 1. The fraction of sp³-hybridized carbons (Fsp3) is 0.273. The van der Waals surface area contributed by atoms with Gasteiger partial charge in [-0.25, -0.2) is 0 Å². The van der Waals surface area contributed by atoms with E-state index in [-0.39, 0.29) is 12.3 Å². The molecular formula is C11H12ClNO4. The van der Waals surface area contributed by atoms with E-state index < -0.39 is 11.0 Å². The van der Waals surface area contributed by atoms with Crippen LogP contribution in [-0.4, -0.2) is 28.6 Å². The predicted octanol–water partition coefficient (Wildman–Crippen LogP) is 2.13. The minimum absolute atomic E-state index is 0.0000608. The van der Waals surface area contributed by atoms with Crippen LogP contribution in [0.1, 0.15) is 0 Å². The Labute approximate surface area is 103 Å². The van der Waals surface area contributed by atoms with Crippen molar-refractivity contribution in [2.45, 2.75) is 6.10 Å². The van der Waals surface area contributed by atoms with Crippen LogP contribution in [0, 0.1) is 10.1 Å². The van der Waals surface area contributed by atoms with E-state index in [1.165, 1.54) is 30.3 Å². The molecule has 0 saturated carbocycles. The summed E-state index contributed by atoms with van der Waals surface area (Å²) in [4.78, 5) is 9.92. The second-order valence-electron chi connectivity index (χ2n) is 3.21. The third-order valence-corrected chi connectivity index (χ3v) is 2.09. The number of nitro benzene ring substituents is 1. The summed E-state index contributed by atoms with van der Waals surface area (Å²) in [5.41, 5.74) is -0.0000608. The molecule has 0 aromatic heterocycles. The molecule has 0 amide bonds. The largest absolute Gasteiger partial charge is 0.491 e. The Balaban J connectivity index is 2.47. The van der Waals surface area contributed by atoms with Gasteiger partial charge < -0.3 is 9.84 Å². The Hall–Kier alpha value is -1.59. The summed E-state index contributed by atoms with van der Waals surface area (Å²) in [7, 11) is 0. The van der Waals surface area contributed by atoms with Gasteiger partial charge in [-0.3, -0.25) is 10.1 Å². The maximum atomic E-state index is 10.4. The Kier molecular flexibility index (Phi) is 5.45. The van der Waals surface area contributed by atoms with Crippen LogP contribution >= 0.6 is 11.6 Å². The van der Waals surface area contributed by atoms with Crippen molar-refractivity contribution in [2.24, 2.45) is 0 Å². The van der Waals surface area contributed by atoms with E-state index >= 15 is 0 Å². The van der Waals surface area contributed by atoms with Gasteiger partial charge in [-0.1, -0.05) is 12.2 Å². The van der Waals surface area contributed by atoms with Crippen molar-refractivity contribution in [3.8, 4) is 5.75 Å². The molecule has 5 nitrogen and oxygen atoms in total. The van der Waals surface area contributed by atoms with Gasteiger partial charge in [0.2, 0.25) is 0 Å². The number of benzene rings is 1. The number of allylic oxidation sites excluding steroid dienone is 1. The SMILES string of the molecule is O=[N+]([O-])c1ccc(OCC(O)C=CCCl)cc1. The summed E-state index contributed by atoms with van der Waals surface area (Å²) in [5, 5.41) is 19.8. The van der Waals surface area contributed by atoms with Gasteiger partial charge in [-0.05, 0) is 12.1 Å². The first-order valence-corrected chi connectivity index (χ1v) is 5.45. The molecule has 1 atom stereocenters. The lowest BCUT2D eigenvalue weighted by Crippen LogP contribution is -2.14. The highest BCUT2D eigenvalue weighted by atomic mass is 35.5. The van der Waals surface area contributed by atoms with Crippen molar-refractivity contribution in [3.63, 3.8) is 0 Å². The Morgan fingerprint density at radius 3 is 2.65 bits per heavy atom. The summed E-state index contributed by atoms with van der Waals surface area (Å²) >= 11 is 5.41. The van der Waals surface area contributed by atoms with Crippen LogP contribution in [0.2, 0.25) is 0 Å². The lowest BCUT2D eigenvalue weighted by molar-refractivity contribution is -0.384. The van der Waals surface area contributed by atoms with Gasteiger partial charge in [-0.15, -0.1) is 11.6 Å². The summed E-state index contributed by atoms with van der Waals surface area (Å²) in [6.45, 7) is 0.0746. The summed E-state index contributed by atoms with van der Waals surface area (Å²) in [5.74, 6) is 0.795. The molecule has 0 aliphatic carbocycles. The number of rotatable bonds is 6. The summed E-state index contributed by atoms with van der Waals surface area (Å²) in [6.07, 6.45) is 2.40. The highest BCUT2D eigenvalue weighted by Crippen LogP contribution is 2.17. The lowest BCUT2D eigenvalue weighted by atomic mass is 10.3. The van der Waals surface area contributed by atoms with E-state index in [4.69, 9.17) is 16.3 Å². The highest BCUT2D eigenvalue weighted by molar-refractivity contribution is 6.18. The van der Waals surface area contributed by atoms with Crippen molar-refractivity contribution in [2.75, 3.05) is 12.5 Å². The van der Waals surface area contributed by atoms with Crippen molar-refractivity contribution in [1.29, 1.82) is 0 Å². The van der Waals surface area contributed by atoms with Gasteiger partial charge in [0.05, 0.1) is 4.92 Å². The van der Waals surface area contributed by atoms with Crippen molar-refractivity contribution < 1.29 is 14.8 Å². The zero-order chi connectivity index (χ0) is 12.7. The number of ether oxygens (including phenoxy) is 1. The Morgan fingerprint density at radius 1 is 1.47 bits per heavy atom. The van der Waals surface area contributed by atoms with Gasteiger partial charge in [0.25, 0.3) is 5.69 Å². The zero-order valence-corrected chi connectivity index (χ0v) is 9.71. The molecule has 17 heavy (non-hydrogen) atoms. The number of aliphatic hydroxyl groups is 1. The molecule has 0 saturated heterocycles. The Morgan fingerprint density at radius 2 is 2.12 bits per heavy atom. The third-order valence-electron chi connectivity index (χ3n) is 1.92. The molecule has 92 valence electrons. The zero-order valence-electron chi connectivity index (χ0n) is 8.95. The van der Waals surface area contributed by atoms with E-state index in [1.807, 2.05) is 0 Å². The highest BCUT2D eigenvalue weighted by Gasteiger charge is 2.05. The Bertz CT molecular complexity index is 391. The molecule has 1 unspecified atom stereocenters. The summed E-state index contributed by atoms with van der Waals surface area (Å²) < 4.78 is 5.23. The standard InChI is InChI=1S/C11H12ClNO4/c12-7-1-2-10(14)8-17-11-5-3-9(4-6-11)13(15)16/h1-6,10,14H,7-8H2. The average Bonchev–Trinajstić information content (AvgIpc) is 2.34. The first-order valence-electron chi connectivity index (χ1n) is 4.91. The number of hydrogen-bond donors (Lipinski definition) is 1. The molecule has 1 aromatic carbocycles. The molecule has 0 aliphatic rings. The van der Waals surface area contributed by atoms with E-state index in [1.54, 1.807) is 6.08 Å². The van der Waals surface area contributed by atoms with Gasteiger partial charge in [0.15, 0.2) is 0 Å². The number of non-ortho nitro benzene ring substituents is 1. The summed E-state index contributed by atoms with van der Waals surface area (Å²) in [6, 6.07) is 5.65. The van der Waals surface area contributed by atoms with Crippen molar-refractivity contribution in [3.05, 3.63) is 46.5 Å². The lowest BCUT2D eigenvalue weighted by Gasteiger charge is -2.08. The molecule has 1 aromatic rings. The predicted molar refractivity (Wildman–Crippen MR) is 64.5 cm³/mol. The smallest absolute Gasteiger partial charge is 0.269 e. The molecule has 0 heterocycles. The number of nitro groups is 1. The molecule has 0 aliphatic heterocycles. The van der Waals surface area contributed by atoms with Crippen LogP contribution in [0.15, 0.2) is 36.4 Å². The van der Waals surface area contributed by atoms with Crippen LogP contribution in [0.3, 0.4) is 0 Å². The minimum Gasteiger partial charge on any atom is -0.491 e. The van der Waals surface area contributed by atoms with Crippen molar-refractivity contribution >= 4 is 17.3 Å². The number of aliphatic hydroxyl groups excluding tert-OH is 1. The van der Waals surface area contributed by atoms with E-state index in [0.717, 1.165) is 0 Å². The van der Waals surface area contributed by atoms with Crippen LogP contribution in [0.4, 0.5) is 5.69 Å². The second-order valence-corrected chi connectivity index (χ2v) is 3.52. The molecule has 0 fully saturated rings. The third kappa shape index (κ3) is 4.84. The van der Waals surface area contributed by atoms with Gasteiger partial charge in [-0.2, -0.15) is 0 Å². The van der Waals surface area contributed by atoms with Crippen LogP contribution < -0.4 is 4.74 Å². The molecule has 0 bridgehead atoms. The normalized spacial score (nSPS) is 12.6. The molecule has 1 N–H and O–H groups in total. The van der Waals surface area contributed by atoms with E-state index in [0.29, 0.717) is 11.6 Å². The monoisotopic (exact) mass is 257 g/mol. The first-order chi connectivity index (χ1) is 8.13. The van der Waals surface area contributed by atoms with Gasteiger partial charge in [0.1, 0.15) is 18.5 Å². The van der Waals surface area contributed by atoms with Crippen molar-refractivity contribution in [1.82, 2.24) is 0 Å². The minimum atomic E-state index is -0.746. The molecule has 0 radical (unpaired) electrons. The first kappa shape index (κ1) is 13.5. The van der Waals surface area contributed by atoms with Gasteiger partial charge >= 0.3 is 0 Å². The average molecular weight is 258 g/mol. The second kappa shape index (κ2) is 6.88. The maximum absolute atomic E-state index is 10.4. The topological polar surface area (TPSA) is 72.6 Å². The molecule has 0 spiro atoms. The fourth-order valence-electron chi connectivity index (χ4n) is 1.11. The van der Waals surface area contributed by atoms with Crippen LogP contribution in [0.25, 0.3) is 0 Å². The van der Waals surface area contributed by atoms with Crippen LogP contribution in [0.5, 0.6) is 5.75 Å². The molecule has 1 rings (SSSR count). The fourth-order valence-corrected chi connectivity index (χ4v) is 1.21. The van der Waals surface area contributed by atoms with E-state index in [9.17, 15) is 15.2 Å². The van der Waals surface area contributed by atoms with Crippen LogP contribution in [-0.2, 0) is 0 Å². The maximum Gasteiger partial charge on any atom is 0.269 e. The molecule has 6 heteroatoms. The quantitative estimate of drug-likeness (QED) is 0.367. The number of halogens is 1. The van der Waals surface area contributed by atoms with Gasteiger partial charge in [0, 0.05) is 18.0 Å². The number of hydrogen-bond acceptors (Lipinski definition) is 4. The number of nitrogens with zero attached hydrogens (tertiary/aromatic N) is 1. The molecular weight excluding hydrogens is 246 g/mol.